The van der Waals surface area contributed by atoms with Crippen molar-refractivity contribution in [2.45, 2.75) is 12.5 Å². The number of rotatable bonds is 5. The van der Waals surface area contributed by atoms with Crippen LogP contribution in [0.15, 0.2) is 40.2 Å². The van der Waals surface area contributed by atoms with Crippen molar-refractivity contribution in [1.82, 2.24) is 0 Å². The Morgan fingerprint density at radius 2 is 1.55 bits per heavy atom. The number of nitrogens with two attached hydrogens (primary N) is 1. The van der Waals surface area contributed by atoms with E-state index >= 15 is 0 Å². The first-order valence-corrected chi connectivity index (χ1v) is 9.70. The molecule has 0 aromatic carbocycles. The Bertz CT molecular complexity index is 805. The fourth-order valence-corrected chi connectivity index (χ4v) is 5.60. The Balaban J connectivity index is 1.82. The van der Waals surface area contributed by atoms with Crippen molar-refractivity contribution in [2.24, 2.45) is 5.73 Å². The number of thiophene rings is 3. The molecule has 0 aliphatic carbocycles. The van der Waals surface area contributed by atoms with Crippen LogP contribution in [0.1, 0.15) is 17.3 Å². The Labute approximate surface area is 148 Å². The van der Waals surface area contributed by atoms with Gasteiger partial charge < -0.3 is 10.8 Å². The summed E-state index contributed by atoms with van der Waals surface area (Å²) in [6.07, 6.45) is -0.0428. The lowest BCUT2D eigenvalue weighted by Crippen LogP contribution is -2.13. The Hall–Kier alpha value is -0.990. The van der Waals surface area contributed by atoms with E-state index in [2.05, 4.69) is 34.1 Å². The Morgan fingerprint density at radius 3 is 2.14 bits per heavy atom. The van der Waals surface area contributed by atoms with Gasteiger partial charge in [-0.25, -0.2) is 0 Å². The molecule has 1 atom stereocenters. The molecule has 0 saturated carbocycles. The van der Waals surface area contributed by atoms with Crippen molar-refractivity contribution >= 4 is 55.9 Å². The van der Waals surface area contributed by atoms with Crippen molar-refractivity contribution in [3.05, 3.63) is 45.1 Å². The van der Waals surface area contributed by atoms with Crippen LogP contribution in [0.3, 0.4) is 0 Å². The maximum absolute atomic E-state index is 10.7. The van der Waals surface area contributed by atoms with Crippen molar-refractivity contribution in [1.29, 1.82) is 0 Å². The largest absolute Gasteiger partial charge is 0.481 e. The average Bonchev–Trinajstić information content (AvgIpc) is 3.17. The predicted molar refractivity (Wildman–Crippen MR) is 97.8 cm³/mol. The SMILES string of the molecule is NC(CC(=O)O)c1ccc(-c2ccc(-c3ccc(Br)s3)s2)s1. The van der Waals surface area contributed by atoms with Crippen molar-refractivity contribution in [3.63, 3.8) is 0 Å². The molecule has 0 aliphatic rings. The van der Waals surface area contributed by atoms with Crippen LogP contribution in [-0.4, -0.2) is 11.1 Å². The van der Waals surface area contributed by atoms with Crippen LogP contribution in [0, 0.1) is 0 Å². The molecule has 3 nitrogen and oxygen atoms in total. The van der Waals surface area contributed by atoms with Crippen LogP contribution in [0.2, 0.25) is 0 Å². The Kier molecular flexibility index (Phi) is 4.79. The molecule has 3 aromatic heterocycles. The molecule has 1 unspecified atom stereocenters. The van der Waals surface area contributed by atoms with Crippen LogP contribution in [0.4, 0.5) is 0 Å². The van der Waals surface area contributed by atoms with E-state index in [0.717, 1.165) is 13.5 Å². The maximum Gasteiger partial charge on any atom is 0.305 e. The fraction of sp³-hybridized carbons (Fsp3) is 0.133. The Morgan fingerprint density at radius 1 is 1.00 bits per heavy atom. The van der Waals surface area contributed by atoms with Gasteiger partial charge in [-0.3, -0.25) is 4.79 Å². The maximum atomic E-state index is 10.7. The molecule has 0 fully saturated rings. The summed E-state index contributed by atoms with van der Waals surface area (Å²) in [5.74, 6) is -0.871. The molecule has 0 bridgehead atoms. The van der Waals surface area contributed by atoms with Gasteiger partial charge in [0.2, 0.25) is 0 Å². The topological polar surface area (TPSA) is 63.3 Å². The van der Waals surface area contributed by atoms with Crippen molar-refractivity contribution in [3.8, 4) is 19.5 Å². The molecule has 3 N–H and O–H groups in total. The third kappa shape index (κ3) is 3.49. The number of carboxylic acids is 1. The number of carboxylic acid groups (broad SMARTS) is 1. The summed E-state index contributed by atoms with van der Waals surface area (Å²) in [6.45, 7) is 0. The molecule has 0 spiro atoms. The van der Waals surface area contributed by atoms with Gasteiger partial charge in [-0.05, 0) is 52.3 Å². The minimum atomic E-state index is -0.871. The van der Waals surface area contributed by atoms with E-state index in [1.165, 1.54) is 14.6 Å². The molecule has 114 valence electrons. The molecule has 3 heterocycles. The number of halogens is 1. The molecule has 3 rings (SSSR count). The van der Waals surface area contributed by atoms with Crippen molar-refractivity contribution in [2.75, 3.05) is 0 Å². The van der Waals surface area contributed by atoms with Gasteiger partial charge in [0.15, 0.2) is 0 Å². The molecular formula is C15H12BrNO2S3. The molecule has 22 heavy (non-hydrogen) atoms. The van der Waals surface area contributed by atoms with E-state index in [1.807, 2.05) is 18.2 Å². The quantitative estimate of drug-likeness (QED) is 0.584. The molecule has 0 radical (unpaired) electrons. The fourth-order valence-electron chi connectivity index (χ4n) is 2.02. The number of carbonyl (C=O) groups is 1. The summed E-state index contributed by atoms with van der Waals surface area (Å²) >= 11 is 8.50. The normalized spacial score (nSPS) is 12.5. The van der Waals surface area contributed by atoms with Crippen LogP contribution in [0.5, 0.6) is 0 Å². The van der Waals surface area contributed by atoms with Gasteiger partial charge in [0.25, 0.3) is 0 Å². The lowest BCUT2D eigenvalue weighted by Gasteiger charge is -2.04. The molecule has 0 amide bonds. The summed E-state index contributed by atoms with van der Waals surface area (Å²) in [6, 6.07) is 11.9. The van der Waals surface area contributed by atoms with E-state index < -0.39 is 12.0 Å². The first kappa shape index (κ1) is 15.9. The molecular weight excluding hydrogens is 402 g/mol. The lowest BCUT2D eigenvalue weighted by atomic mass is 10.2. The lowest BCUT2D eigenvalue weighted by molar-refractivity contribution is -0.137. The second kappa shape index (κ2) is 6.64. The van der Waals surface area contributed by atoms with Crippen LogP contribution < -0.4 is 5.73 Å². The second-order valence-electron chi connectivity index (χ2n) is 4.67. The number of aliphatic carboxylic acids is 1. The molecule has 0 aliphatic heterocycles. The third-order valence-corrected chi connectivity index (χ3v) is 7.37. The van der Waals surface area contributed by atoms with Gasteiger partial charge >= 0.3 is 5.97 Å². The first-order valence-electron chi connectivity index (χ1n) is 6.46. The van der Waals surface area contributed by atoms with E-state index in [0.29, 0.717) is 0 Å². The van der Waals surface area contributed by atoms with Gasteiger partial charge in [-0.15, -0.1) is 34.0 Å². The summed E-state index contributed by atoms with van der Waals surface area (Å²) in [7, 11) is 0. The summed E-state index contributed by atoms with van der Waals surface area (Å²) < 4.78 is 1.12. The highest BCUT2D eigenvalue weighted by molar-refractivity contribution is 9.11. The smallest absolute Gasteiger partial charge is 0.305 e. The van der Waals surface area contributed by atoms with E-state index in [1.54, 1.807) is 34.0 Å². The average molecular weight is 414 g/mol. The monoisotopic (exact) mass is 413 g/mol. The third-order valence-electron chi connectivity index (χ3n) is 3.05. The highest BCUT2D eigenvalue weighted by atomic mass is 79.9. The molecule has 0 saturated heterocycles. The van der Waals surface area contributed by atoms with Crippen molar-refractivity contribution < 1.29 is 9.90 Å². The van der Waals surface area contributed by atoms with Gasteiger partial charge in [-0.2, -0.15) is 0 Å². The van der Waals surface area contributed by atoms with Crippen LogP contribution in [0.25, 0.3) is 19.5 Å². The minimum absolute atomic E-state index is 0.0428. The van der Waals surface area contributed by atoms with Gasteiger partial charge in [-0.1, -0.05) is 0 Å². The van der Waals surface area contributed by atoms with E-state index in [4.69, 9.17) is 10.8 Å². The summed E-state index contributed by atoms with van der Waals surface area (Å²) in [4.78, 5) is 16.4. The van der Waals surface area contributed by atoms with E-state index in [9.17, 15) is 4.79 Å². The number of hydrogen-bond acceptors (Lipinski definition) is 5. The van der Waals surface area contributed by atoms with Crippen LogP contribution >= 0.6 is 49.9 Å². The van der Waals surface area contributed by atoms with Gasteiger partial charge in [0.1, 0.15) is 0 Å². The minimum Gasteiger partial charge on any atom is -0.481 e. The zero-order chi connectivity index (χ0) is 15.7. The highest BCUT2D eigenvalue weighted by Gasteiger charge is 2.15. The second-order valence-corrected chi connectivity index (χ2v) is 9.34. The molecule has 7 heteroatoms. The number of hydrogen-bond donors (Lipinski definition) is 2. The van der Waals surface area contributed by atoms with Crippen LogP contribution in [-0.2, 0) is 4.79 Å². The summed E-state index contributed by atoms with van der Waals surface area (Å²) in [5.41, 5.74) is 5.92. The predicted octanol–water partition coefficient (Wildman–Crippen LogP) is 5.44. The first-order chi connectivity index (χ1) is 10.5. The molecule has 3 aromatic rings. The summed E-state index contributed by atoms with van der Waals surface area (Å²) in [5, 5.41) is 8.82. The zero-order valence-electron chi connectivity index (χ0n) is 11.3. The highest BCUT2D eigenvalue weighted by Crippen LogP contribution is 2.41. The zero-order valence-corrected chi connectivity index (χ0v) is 15.3. The van der Waals surface area contributed by atoms with Gasteiger partial charge in [0, 0.05) is 30.4 Å². The van der Waals surface area contributed by atoms with Gasteiger partial charge in [0.05, 0.1) is 10.2 Å². The van der Waals surface area contributed by atoms with E-state index in [-0.39, 0.29) is 6.42 Å². The standard InChI is InChI=1S/C15H12BrNO2S3/c16-14-6-5-13(22-14)12-4-3-11(21-12)10-2-1-9(20-10)8(17)7-15(18)19/h1-6,8H,7,17H2,(H,18,19).